The molecule has 0 atom stereocenters. The molecule has 0 unspecified atom stereocenters. The zero-order chi connectivity index (χ0) is 7.11. The molecule has 0 aromatic heterocycles. The molecule has 0 bridgehead atoms. The molecule has 3 nitrogen and oxygen atoms in total. The van der Waals surface area contributed by atoms with Crippen molar-refractivity contribution in [2.24, 2.45) is 0 Å². The minimum Gasteiger partial charge on any atom is -0.346 e. The van der Waals surface area contributed by atoms with Crippen LogP contribution in [0.15, 0.2) is 0 Å². The number of amides is 1. The summed E-state index contributed by atoms with van der Waals surface area (Å²) in [6.45, 7) is 0.403. The summed E-state index contributed by atoms with van der Waals surface area (Å²) in [5.74, 6) is 0.743. The number of rotatable bonds is 4. The molecule has 0 saturated heterocycles. The Morgan fingerprint density at radius 1 is 1.67 bits per heavy atom. The zero-order valence-electron chi connectivity index (χ0n) is 5.73. The number of hydrogen-bond acceptors (Lipinski definition) is 3. The van der Waals surface area contributed by atoms with Gasteiger partial charge in [-0.1, -0.05) is 0 Å². The third-order valence-corrected chi connectivity index (χ3v) is 1.18. The van der Waals surface area contributed by atoms with Gasteiger partial charge in [0.05, 0.1) is 12.4 Å². The van der Waals surface area contributed by atoms with Crippen molar-refractivity contribution in [1.82, 2.24) is 10.6 Å². The molecule has 9 heavy (non-hydrogen) atoms. The highest BCUT2D eigenvalue weighted by Gasteiger charge is 1.93. The van der Waals surface area contributed by atoms with E-state index in [2.05, 4.69) is 10.6 Å². The Bertz CT molecular complexity index is 87.0. The first-order valence-electron chi connectivity index (χ1n) is 2.71. The molecule has 0 aromatic carbocycles. The van der Waals surface area contributed by atoms with Crippen molar-refractivity contribution >= 4 is 17.7 Å². The highest BCUT2D eigenvalue weighted by molar-refractivity contribution is 7.98. The molecule has 0 aliphatic rings. The fraction of sp³-hybridized carbons (Fsp3) is 0.800. The number of hydrogen-bond donors (Lipinski definition) is 2. The Hall–Kier alpha value is -0.220. The molecule has 0 spiro atoms. The summed E-state index contributed by atoms with van der Waals surface area (Å²) < 4.78 is 0. The Labute approximate surface area is 59.6 Å². The number of carbonyl (C=O) groups is 1. The van der Waals surface area contributed by atoms with E-state index in [9.17, 15) is 4.79 Å². The summed E-state index contributed by atoms with van der Waals surface area (Å²) in [6.07, 6.45) is 1.94. The third-order valence-electron chi connectivity index (χ3n) is 0.751. The van der Waals surface area contributed by atoms with Crippen LogP contribution in [-0.2, 0) is 4.79 Å². The van der Waals surface area contributed by atoms with E-state index in [-0.39, 0.29) is 5.91 Å². The monoisotopic (exact) mass is 148 g/mol. The molecule has 2 N–H and O–H groups in total. The second kappa shape index (κ2) is 5.91. The van der Waals surface area contributed by atoms with Crippen molar-refractivity contribution in [3.05, 3.63) is 0 Å². The molecule has 0 rings (SSSR count). The van der Waals surface area contributed by atoms with Gasteiger partial charge in [-0.05, 0) is 13.3 Å². The summed E-state index contributed by atoms with van der Waals surface area (Å²) in [6, 6.07) is 0. The van der Waals surface area contributed by atoms with E-state index in [1.807, 2.05) is 6.26 Å². The van der Waals surface area contributed by atoms with E-state index in [1.54, 1.807) is 18.8 Å². The maximum Gasteiger partial charge on any atom is 0.234 e. The summed E-state index contributed by atoms with van der Waals surface area (Å²) in [5.41, 5.74) is 0. The minimum atomic E-state index is 0.0480. The van der Waals surface area contributed by atoms with Crippen molar-refractivity contribution in [3.63, 3.8) is 0 Å². The van der Waals surface area contributed by atoms with Crippen LogP contribution in [0.5, 0.6) is 0 Å². The van der Waals surface area contributed by atoms with Gasteiger partial charge < -0.3 is 10.6 Å². The standard InChI is InChI=1S/C5H12N2OS/c1-6-3-5(8)7-4-9-2/h6H,3-4H2,1-2H3,(H,7,8). The quantitative estimate of drug-likeness (QED) is 0.535. The molecule has 0 aliphatic carbocycles. The molecular weight excluding hydrogens is 136 g/mol. The van der Waals surface area contributed by atoms with Gasteiger partial charge in [0.1, 0.15) is 0 Å². The Kier molecular flexibility index (Phi) is 5.76. The zero-order valence-corrected chi connectivity index (χ0v) is 6.55. The van der Waals surface area contributed by atoms with Crippen LogP contribution in [0.1, 0.15) is 0 Å². The molecule has 0 heterocycles. The molecular formula is C5H12N2OS. The second-order valence-electron chi connectivity index (χ2n) is 1.56. The van der Waals surface area contributed by atoms with Gasteiger partial charge in [-0.3, -0.25) is 4.79 Å². The Morgan fingerprint density at radius 2 is 2.33 bits per heavy atom. The van der Waals surface area contributed by atoms with Gasteiger partial charge in [-0.2, -0.15) is 0 Å². The fourth-order valence-corrected chi connectivity index (χ4v) is 0.681. The predicted octanol–water partition coefficient (Wildman–Crippen LogP) is -0.358. The van der Waals surface area contributed by atoms with Crippen LogP contribution < -0.4 is 10.6 Å². The van der Waals surface area contributed by atoms with Crippen molar-refractivity contribution in [3.8, 4) is 0 Å². The predicted molar refractivity (Wildman–Crippen MR) is 40.5 cm³/mol. The lowest BCUT2D eigenvalue weighted by molar-refractivity contribution is -0.119. The summed E-state index contributed by atoms with van der Waals surface area (Å²) >= 11 is 1.60. The van der Waals surface area contributed by atoms with Crippen LogP contribution in [0.4, 0.5) is 0 Å². The topological polar surface area (TPSA) is 41.1 Å². The summed E-state index contributed by atoms with van der Waals surface area (Å²) in [5, 5.41) is 5.45. The van der Waals surface area contributed by atoms with Crippen LogP contribution in [0.25, 0.3) is 0 Å². The van der Waals surface area contributed by atoms with Gasteiger partial charge in [0.25, 0.3) is 0 Å². The SMILES string of the molecule is CNCC(=O)NCSC. The second-order valence-corrected chi connectivity index (χ2v) is 2.43. The van der Waals surface area contributed by atoms with E-state index in [4.69, 9.17) is 0 Å². The van der Waals surface area contributed by atoms with E-state index >= 15 is 0 Å². The summed E-state index contributed by atoms with van der Waals surface area (Å²) in [7, 11) is 1.75. The lowest BCUT2D eigenvalue weighted by Crippen LogP contribution is -2.31. The molecule has 0 saturated carbocycles. The van der Waals surface area contributed by atoms with Gasteiger partial charge in [-0.25, -0.2) is 0 Å². The van der Waals surface area contributed by atoms with Crippen molar-refractivity contribution in [2.75, 3.05) is 25.7 Å². The molecule has 0 aliphatic heterocycles. The van der Waals surface area contributed by atoms with E-state index in [0.29, 0.717) is 12.4 Å². The Balaban J connectivity index is 3.06. The normalized spacial score (nSPS) is 9.11. The number of carbonyl (C=O) groups excluding carboxylic acids is 1. The van der Waals surface area contributed by atoms with Gasteiger partial charge in [0.2, 0.25) is 5.91 Å². The van der Waals surface area contributed by atoms with Crippen LogP contribution in [0.3, 0.4) is 0 Å². The number of likely N-dealkylation sites (N-methyl/N-ethyl adjacent to an activating group) is 1. The van der Waals surface area contributed by atoms with Crippen LogP contribution in [-0.4, -0.2) is 31.6 Å². The van der Waals surface area contributed by atoms with E-state index in [0.717, 1.165) is 0 Å². The van der Waals surface area contributed by atoms with E-state index in [1.165, 1.54) is 0 Å². The number of thioether (sulfide) groups is 1. The maximum atomic E-state index is 10.6. The van der Waals surface area contributed by atoms with Crippen LogP contribution in [0, 0.1) is 0 Å². The molecule has 4 heteroatoms. The smallest absolute Gasteiger partial charge is 0.234 e. The summed E-state index contributed by atoms with van der Waals surface area (Å²) in [4.78, 5) is 10.6. The van der Waals surface area contributed by atoms with Gasteiger partial charge >= 0.3 is 0 Å². The van der Waals surface area contributed by atoms with Crippen molar-refractivity contribution in [1.29, 1.82) is 0 Å². The lowest BCUT2D eigenvalue weighted by Gasteiger charge is -2.00. The van der Waals surface area contributed by atoms with Gasteiger partial charge in [0, 0.05) is 0 Å². The molecule has 54 valence electrons. The largest absolute Gasteiger partial charge is 0.346 e. The molecule has 0 fully saturated rings. The first-order chi connectivity index (χ1) is 4.31. The highest BCUT2D eigenvalue weighted by Crippen LogP contribution is 1.83. The molecule has 0 aromatic rings. The number of nitrogens with one attached hydrogen (secondary N) is 2. The van der Waals surface area contributed by atoms with Gasteiger partial charge in [-0.15, -0.1) is 11.8 Å². The molecule has 0 radical (unpaired) electrons. The van der Waals surface area contributed by atoms with Gasteiger partial charge in [0.15, 0.2) is 0 Å². The fourth-order valence-electron chi connectivity index (χ4n) is 0.376. The first-order valence-corrected chi connectivity index (χ1v) is 4.11. The highest BCUT2D eigenvalue weighted by atomic mass is 32.2. The molecule has 1 amide bonds. The van der Waals surface area contributed by atoms with Crippen LogP contribution in [0.2, 0.25) is 0 Å². The van der Waals surface area contributed by atoms with Crippen molar-refractivity contribution in [2.45, 2.75) is 0 Å². The Morgan fingerprint density at radius 3 is 2.78 bits per heavy atom. The first kappa shape index (κ1) is 8.78. The maximum absolute atomic E-state index is 10.6. The van der Waals surface area contributed by atoms with Crippen LogP contribution >= 0.6 is 11.8 Å². The van der Waals surface area contributed by atoms with Crippen molar-refractivity contribution < 1.29 is 4.79 Å². The minimum absolute atomic E-state index is 0.0480. The lowest BCUT2D eigenvalue weighted by atomic mass is 10.6. The average molecular weight is 148 g/mol. The van der Waals surface area contributed by atoms with E-state index < -0.39 is 0 Å². The average Bonchev–Trinajstić information content (AvgIpc) is 1.85. The third kappa shape index (κ3) is 5.65.